The summed E-state index contributed by atoms with van der Waals surface area (Å²) in [6.07, 6.45) is -3.37. The second-order valence-corrected chi connectivity index (χ2v) is 5.91. The lowest BCUT2D eigenvalue weighted by Crippen LogP contribution is -2.49. The van der Waals surface area contributed by atoms with Gasteiger partial charge < -0.3 is 5.32 Å². The maximum atomic E-state index is 12.1. The summed E-state index contributed by atoms with van der Waals surface area (Å²) in [4.78, 5) is 0. The van der Waals surface area contributed by atoms with Gasteiger partial charge in [-0.3, -0.25) is 0 Å². The zero-order chi connectivity index (χ0) is 13.8. The van der Waals surface area contributed by atoms with Gasteiger partial charge in [0.15, 0.2) is 0 Å². The van der Waals surface area contributed by atoms with Gasteiger partial charge in [0.2, 0.25) is 0 Å². The summed E-state index contributed by atoms with van der Waals surface area (Å²) >= 11 is 0. The van der Waals surface area contributed by atoms with Gasteiger partial charge >= 0.3 is 6.18 Å². The minimum Gasteiger partial charge on any atom is -0.315 e. The first-order chi connectivity index (χ1) is 8.26. The first-order valence-corrected chi connectivity index (χ1v) is 7.24. The predicted octanol–water partition coefficient (Wildman–Crippen LogP) is 0.457. The van der Waals surface area contributed by atoms with Crippen LogP contribution < -0.4 is 10.0 Å². The molecule has 0 radical (unpaired) electrons. The molecule has 0 spiro atoms. The summed E-state index contributed by atoms with van der Waals surface area (Å²) in [5.41, 5.74) is 0. The van der Waals surface area contributed by atoms with Crippen molar-refractivity contribution in [1.82, 2.24) is 14.3 Å². The number of nitrogens with zero attached hydrogens (tertiary/aromatic N) is 1. The van der Waals surface area contributed by atoms with Crippen molar-refractivity contribution in [3.05, 3.63) is 0 Å². The smallest absolute Gasteiger partial charge is 0.315 e. The Kier molecular flexibility index (Phi) is 5.38. The summed E-state index contributed by atoms with van der Waals surface area (Å²) in [6, 6.07) is -0.268. The van der Waals surface area contributed by atoms with Gasteiger partial charge in [-0.1, -0.05) is 6.92 Å². The van der Waals surface area contributed by atoms with Crippen LogP contribution in [0, 0.1) is 0 Å². The lowest BCUT2D eigenvalue weighted by Gasteiger charge is -2.27. The average molecular weight is 289 g/mol. The number of nitrogens with one attached hydrogen (secondary N) is 2. The van der Waals surface area contributed by atoms with Gasteiger partial charge in [0, 0.05) is 19.1 Å². The van der Waals surface area contributed by atoms with Crippen LogP contribution in [0.15, 0.2) is 0 Å². The first kappa shape index (κ1) is 15.7. The van der Waals surface area contributed by atoms with Crippen LogP contribution in [0.3, 0.4) is 0 Å². The van der Waals surface area contributed by atoms with E-state index in [9.17, 15) is 21.6 Å². The molecule has 1 saturated heterocycles. The molecule has 0 aliphatic carbocycles. The lowest BCUT2D eigenvalue weighted by atomic mass is 10.2. The molecule has 1 heterocycles. The molecular formula is C9H18F3N3O2S. The van der Waals surface area contributed by atoms with Gasteiger partial charge in [0.25, 0.3) is 10.2 Å². The minimum absolute atomic E-state index is 0.222. The molecule has 0 bridgehead atoms. The Balaban J connectivity index is 2.70. The van der Waals surface area contributed by atoms with Crippen molar-refractivity contribution in [1.29, 1.82) is 0 Å². The molecule has 0 aromatic heterocycles. The fourth-order valence-corrected chi connectivity index (χ4v) is 3.37. The highest BCUT2D eigenvalue weighted by atomic mass is 32.2. The maximum Gasteiger partial charge on any atom is 0.402 e. The maximum absolute atomic E-state index is 12.1. The van der Waals surface area contributed by atoms with Crippen LogP contribution in [0.25, 0.3) is 0 Å². The lowest BCUT2D eigenvalue weighted by molar-refractivity contribution is -0.121. The number of hydrogen-bond acceptors (Lipinski definition) is 3. The van der Waals surface area contributed by atoms with Crippen molar-refractivity contribution in [2.75, 3.05) is 26.2 Å². The summed E-state index contributed by atoms with van der Waals surface area (Å²) in [6.45, 7) is 1.64. The number of hydrogen-bond donors (Lipinski definition) is 2. The summed E-state index contributed by atoms with van der Waals surface area (Å²) < 4.78 is 62.6. The molecule has 1 aliphatic heterocycles. The Morgan fingerprint density at radius 3 is 2.56 bits per heavy atom. The Morgan fingerprint density at radius 1 is 1.44 bits per heavy atom. The van der Waals surface area contributed by atoms with Crippen LogP contribution >= 0.6 is 0 Å². The molecule has 5 nitrogen and oxygen atoms in total. The van der Waals surface area contributed by atoms with E-state index in [0.29, 0.717) is 25.9 Å². The monoisotopic (exact) mass is 289 g/mol. The fourth-order valence-electron chi connectivity index (χ4n) is 1.86. The van der Waals surface area contributed by atoms with Crippen LogP contribution in [-0.2, 0) is 10.2 Å². The topological polar surface area (TPSA) is 61.4 Å². The summed E-state index contributed by atoms with van der Waals surface area (Å²) in [7, 11) is -4.08. The number of rotatable bonds is 6. The molecule has 18 heavy (non-hydrogen) atoms. The number of alkyl halides is 3. The fraction of sp³-hybridized carbons (Fsp3) is 1.00. The van der Waals surface area contributed by atoms with E-state index in [2.05, 4.69) is 5.32 Å². The van der Waals surface area contributed by atoms with E-state index in [4.69, 9.17) is 0 Å². The molecule has 1 aliphatic rings. The van der Waals surface area contributed by atoms with Gasteiger partial charge in [-0.2, -0.15) is 30.6 Å². The molecule has 0 amide bonds. The summed E-state index contributed by atoms with van der Waals surface area (Å²) in [5, 5.41) is 3.00. The molecule has 1 rings (SSSR count). The van der Waals surface area contributed by atoms with Crippen LogP contribution in [-0.4, -0.2) is 51.1 Å². The standard InChI is InChI=1S/C9H18F3N3O2S/c1-2-5-15(8-3-4-13-6-8)18(16,17)14-7-9(10,11)12/h8,13-14H,2-7H2,1H3. The van der Waals surface area contributed by atoms with Crippen molar-refractivity contribution in [2.24, 2.45) is 0 Å². The van der Waals surface area contributed by atoms with Gasteiger partial charge in [-0.05, 0) is 19.4 Å². The van der Waals surface area contributed by atoms with E-state index in [-0.39, 0.29) is 12.6 Å². The zero-order valence-corrected chi connectivity index (χ0v) is 10.9. The van der Waals surface area contributed by atoms with E-state index in [1.54, 1.807) is 11.6 Å². The first-order valence-electron chi connectivity index (χ1n) is 5.80. The van der Waals surface area contributed by atoms with Crippen molar-refractivity contribution in [3.63, 3.8) is 0 Å². The molecule has 2 N–H and O–H groups in total. The summed E-state index contributed by atoms with van der Waals surface area (Å²) in [5.74, 6) is 0. The predicted molar refractivity (Wildman–Crippen MR) is 61.2 cm³/mol. The van der Waals surface area contributed by atoms with E-state index in [1.165, 1.54) is 0 Å². The Morgan fingerprint density at radius 2 is 2.11 bits per heavy atom. The number of halogens is 3. The van der Waals surface area contributed by atoms with Crippen molar-refractivity contribution in [2.45, 2.75) is 32.0 Å². The zero-order valence-electron chi connectivity index (χ0n) is 10.1. The van der Waals surface area contributed by atoms with E-state index < -0.39 is 22.9 Å². The third kappa shape index (κ3) is 4.71. The third-order valence-corrected chi connectivity index (χ3v) is 4.26. The third-order valence-electron chi connectivity index (χ3n) is 2.65. The molecule has 108 valence electrons. The van der Waals surface area contributed by atoms with Crippen LogP contribution in [0.4, 0.5) is 13.2 Å². The van der Waals surface area contributed by atoms with Gasteiger partial charge in [-0.25, -0.2) is 0 Å². The molecular weight excluding hydrogens is 271 g/mol. The molecule has 1 atom stereocenters. The molecule has 0 aromatic carbocycles. The largest absolute Gasteiger partial charge is 0.402 e. The van der Waals surface area contributed by atoms with Crippen LogP contribution in [0.1, 0.15) is 19.8 Å². The van der Waals surface area contributed by atoms with Gasteiger partial charge in [0.1, 0.15) is 6.54 Å². The Labute approximate surface area is 105 Å². The molecule has 1 unspecified atom stereocenters. The molecule has 9 heteroatoms. The molecule has 1 fully saturated rings. The highest BCUT2D eigenvalue weighted by Gasteiger charge is 2.35. The quantitative estimate of drug-likeness (QED) is 0.746. The van der Waals surface area contributed by atoms with Crippen molar-refractivity contribution in [3.8, 4) is 0 Å². The van der Waals surface area contributed by atoms with E-state index >= 15 is 0 Å². The average Bonchev–Trinajstić information content (AvgIpc) is 2.75. The van der Waals surface area contributed by atoms with Crippen molar-refractivity contribution < 1.29 is 21.6 Å². The van der Waals surface area contributed by atoms with Crippen molar-refractivity contribution >= 4 is 10.2 Å². The molecule has 0 saturated carbocycles. The van der Waals surface area contributed by atoms with Gasteiger partial charge in [0.05, 0.1) is 0 Å². The normalized spacial score (nSPS) is 21.7. The van der Waals surface area contributed by atoms with Gasteiger partial charge in [-0.15, -0.1) is 0 Å². The van der Waals surface area contributed by atoms with Crippen LogP contribution in [0.5, 0.6) is 0 Å². The second-order valence-electron chi connectivity index (χ2n) is 4.20. The SMILES string of the molecule is CCCN(C1CCNC1)S(=O)(=O)NCC(F)(F)F. The Hall–Kier alpha value is -0.380. The molecule has 0 aromatic rings. The van der Waals surface area contributed by atoms with E-state index in [0.717, 1.165) is 4.31 Å². The van der Waals surface area contributed by atoms with Crippen LogP contribution in [0.2, 0.25) is 0 Å². The second kappa shape index (κ2) is 6.18. The highest BCUT2D eigenvalue weighted by molar-refractivity contribution is 7.87. The minimum atomic E-state index is -4.54. The Bertz CT molecular complexity index is 353. The highest BCUT2D eigenvalue weighted by Crippen LogP contribution is 2.16. The van der Waals surface area contributed by atoms with E-state index in [1.807, 2.05) is 0 Å².